The third kappa shape index (κ3) is 4.02. The second kappa shape index (κ2) is 6.99. The van der Waals surface area contributed by atoms with Crippen LogP contribution in [0.2, 0.25) is 0 Å². The quantitative estimate of drug-likeness (QED) is 0.582. The van der Waals surface area contributed by atoms with Gasteiger partial charge in [0, 0.05) is 10.7 Å². The molecular formula is C14H18Br2F2. The van der Waals surface area contributed by atoms with Crippen LogP contribution in [0.25, 0.3) is 0 Å². The van der Waals surface area contributed by atoms with E-state index in [-0.39, 0.29) is 5.41 Å². The molecule has 0 aliphatic heterocycles. The molecule has 0 amide bonds. The van der Waals surface area contributed by atoms with Crippen molar-refractivity contribution in [3.05, 3.63) is 35.4 Å². The summed E-state index contributed by atoms with van der Waals surface area (Å²) in [4.78, 5) is 0. The van der Waals surface area contributed by atoms with E-state index in [4.69, 9.17) is 0 Å². The lowest BCUT2D eigenvalue weighted by Gasteiger charge is -2.32. The summed E-state index contributed by atoms with van der Waals surface area (Å²) < 4.78 is 27.0. The average Bonchev–Trinajstić information content (AvgIpc) is 2.33. The van der Waals surface area contributed by atoms with E-state index >= 15 is 0 Å². The summed E-state index contributed by atoms with van der Waals surface area (Å²) in [7, 11) is 0. The molecule has 0 spiro atoms. The van der Waals surface area contributed by atoms with Crippen molar-refractivity contribution >= 4 is 31.9 Å². The van der Waals surface area contributed by atoms with Crippen LogP contribution < -0.4 is 0 Å². The molecule has 4 heteroatoms. The molecule has 0 nitrogen and oxygen atoms in total. The summed E-state index contributed by atoms with van der Waals surface area (Å²) in [5, 5.41) is 1.53. The molecule has 1 aromatic rings. The number of hydrogen-bond acceptors (Lipinski definition) is 0. The van der Waals surface area contributed by atoms with E-state index in [0.717, 1.165) is 23.1 Å². The monoisotopic (exact) mass is 382 g/mol. The minimum atomic E-state index is -0.768. The fourth-order valence-corrected chi connectivity index (χ4v) is 4.05. The predicted molar refractivity (Wildman–Crippen MR) is 79.5 cm³/mol. The summed E-state index contributed by atoms with van der Waals surface area (Å²) in [5.74, 6) is -0.973. The van der Waals surface area contributed by atoms with Gasteiger partial charge in [-0.15, -0.1) is 0 Å². The van der Waals surface area contributed by atoms with Crippen LogP contribution in [-0.2, 0) is 6.42 Å². The second-order valence-corrected chi connectivity index (χ2v) is 6.38. The van der Waals surface area contributed by atoms with Gasteiger partial charge in [0.1, 0.15) is 0 Å². The lowest BCUT2D eigenvalue weighted by molar-refractivity contribution is 0.299. The Kier molecular flexibility index (Phi) is 6.25. The van der Waals surface area contributed by atoms with Crippen LogP contribution in [-0.4, -0.2) is 10.7 Å². The van der Waals surface area contributed by atoms with Gasteiger partial charge in [-0.25, -0.2) is 8.78 Å². The molecule has 0 heterocycles. The first-order valence-corrected chi connectivity index (χ1v) is 8.23. The highest BCUT2D eigenvalue weighted by atomic mass is 79.9. The van der Waals surface area contributed by atoms with E-state index in [1.165, 1.54) is 0 Å². The van der Waals surface area contributed by atoms with Gasteiger partial charge in [0.25, 0.3) is 0 Å². The first kappa shape index (κ1) is 16.1. The predicted octanol–water partition coefficient (Wildman–Crippen LogP) is 5.33. The van der Waals surface area contributed by atoms with Crippen LogP contribution in [0, 0.1) is 23.0 Å². The molecule has 0 N–H and O–H groups in total. The van der Waals surface area contributed by atoms with E-state index in [0.29, 0.717) is 17.9 Å². The summed E-state index contributed by atoms with van der Waals surface area (Å²) >= 11 is 7.03. The lowest BCUT2D eigenvalue weighted by Crippen LogP contribution is -2.30. The van der Waals surface area contributed by atoms with Crippen LogP contribution in [0.5, 0.6) is 0 Å². The van der Waals surface area contributed by atoms with Crippen molar-refractivity contribution in [1.29, 1.82) is 0 Å². The number of hydrogen-bond donors (Lipinski definition) is 0. The van der Waals surface area contributed by atoms with Gasteiger partial charge in [-0.3, -0.25) is 0 Å². The highest BCUT2D eigenvalue weighted by Gasteiger charge is 2.30. The van der Waals surface area contributed by atoms with E-state index in [9.17, 15) is 8.78 Å². The Balaban J connectivity index is 2.99. The zero-order chi connectivity index (χ0) is 13.8. The SMILES string of the molecule is CC(C)CC(CBr)(CBr)Cc1cccc(F)c1F. The number of halogens is 4. The van der Waals surface area contributed by atoms with Crippen molar-refractivity contribution in [2.75, 3.05) is 10.7 Å². The summed E-state index contributed by atoms with van der Waals surface area (Å²) in [6.45, 7) is 4.28. The molecule has 0 saturated carbocycles. The molecule has 1 rings (SSSR count). The van der Waals surface area contributed by atoms with Crippen molar-refractivity contribution in [3.63, 3.8) is 0 Å². The molecule has 0 fully saturated rings. The van der Waals surface area contributed by atoms with Gasteiger partial charge in [-0.1, -0.05) is 57.8 Å². The molecular weight excluding hydrogens is 366 g/mol. The third-order valence-corrected chi connectivity index (χ3v) is 5.38. The van der Waals surface area contributed by atoms with Gasteiger partial charge in [0.2, 0.25) is 0 Å². The topological polar surface area (TPSA) is 0 Å². The summed E-state index contributed by atoms with van der Waals surface area (Å²) in [6, 6.07) is 4.39. The van der Waals surface area contributed by atoms with E-state index < -0.39 is 11.6 Å². The fourth-order valence-electron chi connectivity index (χ4n) is 2.27. The molecule has 0 aliphatic rings. The minimum Gasteiger partial charge on any atom is -0.204 e. The van der Waals surface area contributed by atoms with Gasteiger partial charge >= 0.3 is 0 Å². The van der Waals surface area contributed by atoms with Crippen molar-refractivity contribution in [2.24, 2.45) is 11.3 Å². The smallest absolute Gasteiger partial charge is 0.162 e. The Morgan fingerprint density at radius 3 is 2.28 bits per heavy atom. The van der Waals surface area contributed by atoms with Crippen LogP contribution in [0.3, 0.4) is 0 Å². The van der Waals surface area contributed by atoms with E-state index in [1.54, 1.807) is 12.1 Å². The number of alkyl halides is 2. The van der Waals surface area contributed by atoms with Crippen molar-refractivity contribution in [3.8, 4) is 0 Å². The van der Waals surface area contributed by atoms with Crippen molar-refractivity contribution in [1.82, 2.24) is 0 Å². The Bertz CT molecular complexity index is 387. The number of rotatable bonds is 6. The molecule has 0 aliphatic carbocycles. The molecule has 0 bridgehead atoms. The molecule has 1 aromatic carbocycles. The van der Waals surface area contributed by atoms with Crippen LogP contribution in [0.15, 0.2) is 18.2 Å². The standard InChI is InChI=1S/C14H18Br2F2/c1-10(2)6-14(8-15,9-16)7-11-4-3-5-12(17)13(11)18/h3-5,10H,6-9H2,1-2H3. The summed E-state index contributed by atoms with van der Waals surface area (Å²) in [5.41, 5.74) is 0.373. The zero-order valence-electron chi connectivity index (χ0n) is 10.6. The molecule has 18 heavy (non-hydrogen) atoms. The largest absolute Gasteiger partial charge is 0.204 e. The lowest BCUT2D eigenvalue weighted by atomic mass is 9.78. The van der Waals surface area contributed by atoms with Crippen LogP contribution in [0.4, 0.5) is 8.78 Å². The molecule has 0 unspecified atom stereocenters. The molecule has 0 atom stereocenters. The van der Waals surface area contributed by atoms with Gasteiger partial charge < -0.3 is 0 Å². The van der Waals surface area contributed by atoms with Crippen LogP contribution >= 0.6 is 31.9 Å². The van der Waals surface area contributed by atoms with Crippen LogP contribution in [0.1, 0.15) is 25.8 Å². The highest BCUT2D eigenvalue weighted by molar-refractivity contribution is 9.09. The maximum Gasteiger partial charge on any atom is 0.162 e. The van der Waals surface area contributed by atoms with Crippen molar-refractivity contribution in [2.45, 2.75) is 26.7 Å². The minimum absolute atomic E-state index is 0.0806. The van der Waals surface area contributed by atoms with Gasteiger partial charge in [-0.05, 0) is 35.8 Å². The number of benzene rings is 1. The molecule has 0 radical (unpaired) electrons. The molecule has 0 saturated heterocycles. The highest BCUT2D eigenvalue weighted by Crippen LogP contribution is 2.35. The zero-order valence-corrected chi connectivity index (χ0v) is 13.8. The normalized spacial score (nSPS) is 12.2. The van der Waals surface area contributed by atoms with Gasteiger partial charge in [0.05, 0.1) is 0 Å². The average molecular weight is 384 g/mol. The maximum absolute atomic E-state index is 13.7. The van der Waals surface area contributed by atoms with Gasteiger partial charge in [0.15, 0.2) is 11.6 Å². The Hall–Kier alpha value is 0.0400. The fraction of sp³-hybridized carbons (Fsp3) is 0.571. The second-order valence-electron chi connectivity index (χ2n) is 5.25. The first-order valence-electron chi connectivity index (χ1n) is 5.99. The molecule has 0 aromatic heterocycles. The third-order valence-electron chi connectivity index (χ3n) is 3.01. The Labute approximate surface area is 124 Å². The molecule has 102 valence electrons. The van der Waals surface area contributed by atoms with E-state index in [1.807, 2.05) is 0 Å². The van der Waals surface area contributed by atoms with E-state index in [2.05, 4.69) is 45.7 Å². The Morgan fingerprint density at radius 1 is 1.17 bits per heavy atom. The first-order chi connectivity index (χ1) is 8.44. The summed E-state index contributed by atoms with van der Waals surface area (Å²) in [6.07, 6.45) is 1.49. The van der Waals surface area contributed by atoms with Crippen molar-refractivity contribution < 1.29 is 8.78 Å². The Morgan fingerprint density at radius 2 is 1.78 bits per heavy atom. The van der Waals surface area contributed by atoms with Gasteiger partial charge in [-0.2, -0.15) is 0 Å². The maximum atomic E-state index is 13.7.